The molecule has 19 heavy (non-hydrogen) atoms. The number of pyridine rings is 1. The largest absolute Gasteiger partial charge is 0.478 e. The monoisotopic (exact) mass is 257 g/mol. The predicted molar refractivity (Wildman–Crippen MR) is 65.6 cm³/mol. The van der Waals surface area contributed by atoms with Crippen LogP contribution in [0.5, 0.6) is 0 Å². The van der Waals surface area contributed by atoms with Crippen LogP contribution in [0.3, 0.4) is 0 Å². The second-order valence-corrected chi connectivity index (χ2v) is 3.67. The summed E-state index contributed by atoms with van der Waals surface area (Å²) in [4.78, 5) is 14.6. The molecule has 2 N–H and O–H groups in total. The number of carboxylic acids is 1. The van der Waals surface area contributed by atoms with Gasteiger partial charge in [-0.15, -0.1) is 0 Å². The molecule has 1 heterocycles. The summed E-state index contributed by atoms with van der Waals surface area (Å²) in [5.41, 5.74) is 0.380. The number of carbonyl (C=O) groups is 1. The number of nitrogens with one attached hydrogen (secondary N) is 1. The summed E-state index contributed by atoms with van der Waals surface area (Å²) < 4.78 is 13.6. The summed E-state index contributed by atoms with van der Waals surface area (Å²) in [5, 5.41) is 20.0. The number of aromatic carboxylic acids is 1. The summed E-state index contributed by atoms with van der Waals surface area (Å²) >= 11 is 0. The molecule has 0 amide bonds. The molecule has 0 bridgehead atoms. The Balaban J connectivity index is 2.23. The SMILES string of the molecule is N#Cc1ccc(Nc2ccc(C(=O)O)cc2F)nc1. The molecular weight excluding hydrogens is 249 g/mol. The van der Waals surface area contributed by atoms with Crippen LogP contribution in [0.15, 0.2) is 36.5 Å². The Kier molecular flexibility index (Phi) is 3.39. The third-order valence-electron chi connectivity index (χ3n) is 2.37. The fraction of sp³-hybridized carbons (Fsp3) is 0. The number of hydrogen-bond acceptors (Lipinski definition) is 4. The van der Waals surface area contributed by atoms with E-state index >= 15 is 0 Å². The second kappa shape index (κ2) is 5.14. The first-order valence-corrected chi connectivity index (χ1v) is 5.26. The Morgan fingerprint density at radius 2 is 2.16 bits per heavy atom. The normalized spacial score (nSPS) is 9.68. The average Bonchev–Trinajstić information content (AvgIpc) is 2.41. The van der Waals surface area contributed by atoms with Crippen LogP contribution >= 0.6 is 0 Å². The number of hydrogen-bond donors (Lipinski definition) is 2. The van der Waals surface area contributed by atoms with Gasteiger partial charge in [0, 0.05) is 6.20 Å². The molecule has 0 spiro atoms. The maximum atomic E-state index is 13.6. The van der Waals surface area contributed by atoms with E-state index in [4.69, 9.17) is 10.4 Å². The molecule has 0 atom stereocenters. The van der Waals surface area contributed by atoms with Crippen LogP contribution < -0.4 is 5.32 Å². The number of benzene rings is 1. The minimum atomic E-state index is -1.19. The minimum Gasteiger partial charge on any atom is -0.478 e. The molecule has 5 nitrogen and oxygen atoms in total. The number of aromatic nitrogens is 1. The van der Waals surface area contributed by atoms with Gasteiger partial charge >= 0.3 is 5.97 Å². The molecular formula is C13H8FN3O2. The lowest BCUT2D eigenvalue weighted by Gasteiger charge is -2.07. The molecule has 2 rings (SSSR count). The molecule has 0 saturated carbocycles. The van der Waals surface area contributed by atoms with Gasteiger partial charge in [-0.3, -0.25) is 0 Å². The van der Waals surface area contributed by atoms with Gasteiger partial charge in [0.15, 0.2) is 0 Å². The van der Waals surface area contributed by atoms with Crippen molar-refractivity contribution in [1.82, 2.24) is 4.98 Å². The van der Waals surface area contributed by atoms with Crippen molar-refractivity contribution in [2.24, 2.45) is 0 Å². The molecule has 0 aliphatic carbocycles. The van der Waals surface area contributed by atoms with E-state index in [9.17, 15) is 9.18 Å². The van der Waals surface area contributed by atoms with Crippen molar-refractivity contribution in [2.45, 2.75) is 0 Å². The molecule has 0 radical (unpaired) electrons. The Labute approximate surface area is 108 Å². The van der Waals surface area contributed by atoms with E-state index < -0.39 is 11.8 Å². The third-order valence-corrected chi connectivity index (χ3v) is 2.37. The van der Waals surface area contributed by atoms with Crippen LogP contribution in [0.2, 0.25) is 0 Å². The van der Waals surface area contributed by atoms with Crippen LogP contribution in [-0.2, 0) is 0 Å². The highest BCUT2D eigenvalue weighted by molar-refractivity contribution is 5.88. The van der Waals surface area contributed by atoms with Crippen LogP contribution in [0.1, 0.15) is 15.9 Å². The number of nitrogens with zero attached hydrogens (tertiary/aromatic N) is 2. The number of carboxylic acid groups (broad SMARTS) is 1. The molecule has 94 valence electrons. The van der Waals surface area contributed by atoms with Gasteiger partial charge < -0.3 is 10.4 Å². The molecule has 0 unspecified atom stereocenters. The van der Waals surface area contributed by atoms with E-state index in [1.807, 2.05) is 6.07 Å². The quantitative estimate of drug-likeness (QED) is 0.882. The van der Waals surface area contributed by atoms with Crippen molar-refractivity contribution in [3.05, 3.63) is 53.5 Å². The van der Waals surface area contributed by atoms with E-state index in [-0.39, 0.29) is 11.3 Å². The first-order chi connectivity index (χ1) is 9.10. The fourth-order valence-corrected chi connectivity index (χ4v) is 1.42. The molecule has 2 aromatic rings. The Hall–Kier alpha value is -2.94. The lowest BCUT2D eigenvalue weighted by atomic mass is 10.2. The van der Waals surface area contributed by atoms with E-state index in [2.05, 4.69) is 10.3 Å². The summed E-state index contributed by atoms with van der Waals surface area (Å²) in [6.45, 7) is 0. The smallest absolute Gasteiger partial charge is 0.335 e. The second-order valence-electron chi connectivity index (χ2n) is 3.67. The van der Waals surface area contributed by atoms with Crippen LogP contribution in [0.25, 0.3) is 0 Å². The topological polar surface area (TPSA) is 86.0 Å². The van der Waals surface area contributed by atoms with E-state index in [0.717, 1.165) is 6.07 Å². The van der Waals surface area contributed by atoms with Crippen molar-refractivity contribution in [2.75, 3.05) is 5.32 Å². The summed E-state index contributed by atoms with van der Waals surface area (Å²) in [6.07, 6.45) is 1.35. The average molecular weight is 257 g/mol. The Morgan fingerprint density at radius 1 is 1.37 bits per heavy atom. The van der Waals surface area contributed by atoms with Crippen molar-refractivity contribution in [1.29, 1.82) is 5.26 Å². The first-order valence-electron chi connectivity index (χ1n) is 5.26. The summed E-state index contributed by atoms with van der Waals surface area (Å²) in [7, 11) is 0. The Bertz CT molecular complexity index is 663. The minimum absolute atomic E-state index is 0.113. The molecule has 1 aromatic heterocycles. The van der Waals surface area contributed by atoms with Crippen molar-refractivity contribution in [3.63, 3.8) is 0 Å². The molecule has 1 aromatic carbocycles. The van der Waals surface area contributed by atoms with Crippen molar-refractivity contribution < 1.29 is 14.3 Å². The number of rotatable bonds is 3. The highest BCUT2D eigenvalue weighted by atomic mass is 19.1. The number of halogens is 1. The fourth-order valence-electron chi connectivity index (χ4n) is 1.42. The summed E-state index contributed by atoms with van der Waals surface area (Å²) in [6, 6.07) is 8.52. The van der Waals surface area contributed by atoms with E-state index in [1.54, 1.807) is 6.07 Å². The molecule has 6 heteroatoms. The third kappa shape index (κ3) is 2.84. The first kappa shape index (κ1) is 12.5. The van der Waals surface area contributed by atoms with Gasteiger partial charge in [0.05, 0.1) is 16.8 Å². The van der Waals surface area contributed by atoms with Gasteiger partial charge in [0.1, 0.15) is 17.7 Å². The van der Waals surface area contributed by atoms with E-state index in [1.165, 1.54) is 24.4 Å². The Morgan fingerprint density at radius 3 is 2.68 bits per heavy atom. The summed E-state index contributed by atoms with van der Waals surface area (Å²) in [5.74, 6) is -1.52. The zero-order chi connectivity index (χ0) is 13.8. The maximum Gasteiger partial charge on any atom is 0.335 e. The number of anilines is 2. The molecule has 0 fully saturated rings. The lowest BCUT2D eigenvalue weighted by molar-refractivity contribution is 0.0696. The highest BCUT2D eigenvalue weighted by Gasteiger charge is 2.08. The van der Waals surface area contributed by atoms with Gasteiger partial charge in [-0.25, -0.2) is 14.2 Å². The van der Waals surface area contributed by atoms with Crippen molar-refractivity contribution >= 4 is 17.5 Å². The van der Waals surface area contributed by atoms with Crippen LogP contribution in [0.4, 0.5) is 15.9 Å². The molecule has 0 aliphatic rings. The van der Waals surface area contributed by atoms with Crippen LogP contribution in [0, 0.1) is 17.1 Å². The standard InChI is InChI=1S/C13H8FN3O2/c14-10-5-9(13(18)19)2-3-11(10)17-12-4-1-8(6-15)7-16-12/h1-5,7H,(H,16,17)(H,18,19). The van der Waals surface area contributed by atoms with Gasteiger partial charge in [-0.1, -0.05) is 0 Å². The molecule has 0 aliphatic heterocycles. The van der Waals surface area contributed by atoms with Gasteiger partial charge in [-0.05, 0) is 30.3 Å². The zero-order valence-electron chi connectivity index (χ0n) is 9.59. The maximum absolute atomic E-state index is 13.6. The number of nitriles is 1. The van der Waals surface area contributed by atoms with E-state index in [0.29, 0.717) is 11.4 Å². The van der Waals surface area contributed by atoms with Gasteiger partial charge in [-0.2, -0.15) is 5.26 Å². The zero-order valence-corrected chi connectivity index (χ0v) is 9.59. The van der Waals surface area contributed by atoms with Crippen molar-refractivity contribution in [3.8, 4) is 6.07 Å². The lowest BCUT2D eigenvalue weighted by Crippen LogP contribution is -2.00. The van der Waals surface area contributed by atoms with Crippen LogP contribution in [-0.4, -0.2) is 16.1 Å². The van der Waals surface area contributed by atoms with Gasteiger partial charge in [0.2, 0.25) is 0 Å². The van der Waals surface area contributed by atoms with Gasteiger partial charge in [0.25, 0.3) is 0 Å². The molecule has 0 saturated heterocycles. The predicted octanol–water partition coefficient (Wildman–Crippen LogP) is 2.53. The highest BCUT2D eigenvalue weighted by Crippen LogP contribution is 2.19.